The van der Waals surface area contributed by atoms with Gasteiger partial charge in [-0.2, -0.15) is 11.8 Å². The van der Waals surface area contributed by atoms with Crippen molar-refractivity contribution in [1.29, 1.82) is 0 Å². The zero-order valence-electron chi connectivity index (χ0n) is 17.9. The van der Waals surface area contributed by atoms with Crippen molar-refractivity contribution >= 4 is 46.2 Å². The molecule has 0 bridgehead atoms. The van der Waals surface area contributed by atoms with E-state index in [0.29, 0.717) is 17.7 Å². The van der Waals surface area contributed by atoms with Crippen LogP contribution >= 0.6 is 11.8 Å². The van der Waals surface area contributed by atoms with Crippen LogP contribution in [0, 0.1) is 0 Å². The molecule has 4 rings (SSSR count). The number of fused-ring (bicyclic) bond motifs is 2. The first-order chi connectivity index (χ1) is 15.5. The van der Waals surface area contributed by atoms with Gasteiger partial charge in [-0.05, 0) is 42.7 Å². The minimum atomic E-state index is -0.962. The van der Waals surface area contributed by atoms with E-state index < -0.39 is 11.9 Å². The summed E-state index contributed by atoms with van der Waals surface area (Å²) in [5.74, 6) is 0.474. The molecule has 1 unspecified atom stereocenters. The van der Waals surface area contributed by atoms with E-state index in [1.165, 1.54) is 0 Å². The van der Waals surface area contributed by atoms with Crippen LogP contribution in [0.2, 0.25) is 0 Å². The lowest BCUT2D eigenvalue weighted by atomic mass is 10.1. The Bertz CT molecular complexity index is 1180. The van der Waals surface area contributed by atoms with Crippen molar-refractivity contribution in [3.8, 4) is 0 Å². The third-order valence-corrected chi connectivity index (χ3v) is 6.16. The minimum absolute atomic E-state index is 0.161. The van der Waals surface area contributed by atoms with Gasteiger partial charge in [0.05, 0.1) is 34.7 Å². The fraction of sp³-hybridized carbons (Fsp3) is 0.304. The zero-order valence-corrected chi connectivity index (χ0v) is 18.7. The lowest BCUT2D eigenvalue weighted by Gasteiger charge is -2.20. The molecule has 0 fully saturated rings. The van der Waals surface area contributed by atoms with Gasteiger partial charge in [-0.1, -0.05) is 24.3 Å². The van der Waals surface area contributed by atoms with Crippen LogP contribution in [0.15, 0.2) is 48.5 Å². The van der Waals surface area contributed by atoms with E-state index in [4.69, 9.17) is 4.98 Å². The highest BCUT2D eigenvalue weighted by Crippen LogP contribution is 2.23. The predicted octanol–water partition coefficient (Wildman–Crippen LogP) is 2.62. The van der Waals surface area contributed by atoms with Gasteiger partial charge < -0.3 is 20.5 Å². The number of hydrogen-bond donors (Lipinski definition) is 3. The highest BCUT2D eigenvalue weighted by molar-refractivity contribution is 7.98. The van der Waals surface area contributed by atoms with E-state index in [1.54, 1.807) is 36.0 Å². The Labute approximate surface area is 190 Å². The number of nitrogens with zero attached hydrogens (tertiary/aromatic N) is 2. The van der Waals surface area contributed by atoms with Crippen LogP contribution in [-0.2, 0) is 16.6 Å². The predicted molar refractivity (Wildman–Crippen MR) is 126 cm³/mol. The number of aryl methyl sites for hydroxylation is 1. The smallest absolute Gasteiger partial charge is 0.254 e. The van der Waals surface area contributed by atoms with Crippen molar-refractivity contribution in [1.82, 2.24) is 20.2 Å². The third-order valence-electron chi connectivity index (χ3n) is 5.52. The number of carbonyl (C=O) groups excluding carboxylic acids is 3. The third kappa shape index (κ3) is 4.47. The van der Waals surface area contributed by atoms with Gasteiger partial charge in [0.25, 0.3) is 5.91 Å². The molecule has 1 aliphatic rings. The molecular weight excluding hydrogens is 426 g/mol. The Hall–Kier alpha value is -3.33. The number of nitrogens with one attached hydrogen (secondary N) is 3. The second kappa shape index (κ2) is 9.44. The number of aromatic nitrogens is 2. The highest BCUT2D eigenvalue weighted by atomic mass is 32.2. The lowest BCUT2D eigenvalue weighted by molar-refractivity contribution is -0.126. The van der Waals surface area contributed by atoms with Crippen molar-refractivity contribution < 1.29 is 14.4 Å². The van der Waals surface area contributed by atoms with Crippen LogP contribution in [-0.4, -0.2) is 45.3 Å². The highest BCUT2D eigenvalue weighted by Gasteiger charge is 2.30. The van der Waals surface area contributed by atoms with E-state index >= 15 is 0 Å². The molecule has 9 heteroatoms. The number of para-hydroxylation sites is 3. The summed E-state index contributed by atoms with van der Waals surface area (Å²) in [4.78, 5) is 42.8. The Balaban J connectivity index is 1.51. The average Bonchev–Trinajstić information content (AvgIpc) is 3.07. The molecule has 0 spiro atoms. The Morgan fingerprint density at radius 2 is 1.94 bits per heavy atom. The van der Waals surface area contributed by atoms with Crippen molar-refractivity contribution in [3.05, 3.63) is 59.9 Å². The summed E-state index contributed by atoms with van der Waals surface area (Å²) in [6.45, 7) is 0. The number of anilines is 1. The van der Waals surface area contributed by atoms with Crippen LogP contribution in [0.5, 0.6) is 0 Å². The number of imidazole rings is 1. The van der Waals surface area contributed by atoms with Gasteiger partial charge in [0, 0.05) is 7.05 Å². The van der Waals surface area contributed by atoms with E-state index in [1.807, 2.05) is 42.1 Å². The van der Waals surface area contributed by atoms with Gasteiger partial charge in [-0.25, -0.2) is 4.98 Å². The number of amides is 3. The molecule has 2 atom stereocenters. The molecule has 3 amide bonds. The molecule has 1 aliphatic heterocycles. The minimum Gasteiger partial charge on any atom is -0.346 e. The number of carbonyl (C=O) groups is 3. The summed E-state index contributed by atoms with van der Waals surface area (Å²) in [6.07, 6.45) is 2.54. The monoisotopic (exact) mass is 451 g/mol. The summed E-state index contributed by atoms with van der Waals surface area (Å²) in [6, 6.07) is 13.3. The van der Waals surface area contributed by atoms with Crippen LogP contribution in [0.3, 0.4) is 0 Å². The van der Waals surface area contributed by atoms with Crippen molar-refractivity contribution in [2.24, 2.45) is 7.05 Å². The van der Waals surface area contributed by atoms with Crippen LogP contribution in [0.4, 0.5) is 5.69 Å². The molecule has 166 valence electrons. The molecule has 32 heavy (non-hydrogen) atoms. The summed E-state index contributed by atoms with van der Waals surface area (Å²) < 4.78 is 1.98. The number of hydrogen-bond acceptors (Lipinski definition) is 5. The first-order valence-electron chi connectivity index (χ1n) is 10.4. The van der Waals surface area contributed by atoms with Crippen LogP contribution in [0.1, 0.15) is 35.1 Å². The maximum atomic E-state index is 12.9. The molecule has 3 N–H and O–H groups in total. The van der Waals surface area contributed by atoms with Gasteiger partial charge in [0.1, 0.15) is 11.9 Å². The Morgan fingerprint density at radius 3 is 2.72 bits per heavy atom. The molecule has 1 aromatic heterocycles. The van der Waals surface area contributed by atoms with Gasteiger partial charge >= 0.3 is 0 Å². The number of thioether (sulfide) groups is 1. The summed E-state index contributed by atoms with van der Waals surface area (Å²) in [5, 5.41) is 8.43. The van der Waals surface area contributed by atoms with E-state index in [0.717, 1.165) is 22.6 Å². The van der Waals surface area contributed by atoms with E-state index in [-0.39, 0.29) is 24.3 Å². The first kappa shape index (κ1) is 21.9. The fourth-order valence-electron chi connectivity index (χ4n) is 3.87. The van der Waals surface area contributed by atoms with Crippen molar-refractivity contribution in [2.75, 3.05) is 17.3 Å². The maximum Gasteiger partial charge on any atom is 0.254 e. The van der Waals surface area contributed by atoms with Crippen LogP contribution in [0.25, 0.3) is 11.0 Å². The largest absolute Gasteiger partial charge is 0.346 e. The van der Waals surface area contributed by atoms with Gasteiger partial charge in [0.2, 0.25) is 11.8 Å². The molecule has 0 aliphatic carbocycles. The second-order valence-electron chi connectivity index (χ2n) is 7.68. The standard InChI is InChI=1S/C23H25N5O3S/c1-28-19-10-6-5-9-16(19)25-21(28)17(11-12-32-2)24-20(29)13-18-23(31)26-15-8-4-3-7-14(15)22(30)27-18/h3-10,17-18H,11-13H2,1-2H3,(H,24,29)(H,26,31)(H,27,30)/t17-,18?/m0/s1. The van der Waals surface area contributed by atoms with Crippen molar-refractivity contribution in [2.45, 2.75) is 24.9 Å². The number of benzene rings is 2. The second-order valence-corrected chi connectivity index (χ2v) is 8.67. The molecular formula is C23H25N5O3S. The summed E-state index contributed by atoms with van der Waals surface area (Å²) >= 11 is 1.69. The Morgan fingerprint density at radius 1 is 1.19 bits per heavy atom. The first-order valence-corrected chi connectivity index (χ1v) is 11.8. The molecule has 0 saturated heterocycles. The number of rotatable bonds is 7. The zero-order chi connectivity index (χ0) is 22.7. The maximum absolute atomic E-state index is 12.9. The molecule has 0 saturated carbocycles. The molecule has 2 heterocycles. The SMILES string of the molecule is CSCC[C@H](NC(=O)CC1NC(=O)c2ccccc2NC1=O)c1nc2ccccc2n1C. The molecule has 2 aromatic carbocycles. The van der Waals surface area contributed by atoms with Gasteiger partial charge in [-0.15, -0.1) is 0 Å². The van der Waals surface area contributed by atoms with E-state index in [2.05, 4.69) is 16.0 Å². The molecule has 0 radical (unpaired) electrons. The topological polar surface area (TPSA) is 105 Å². The van der Waals surface area contributed by atoms with Gasteiger partial charge in [-0.3, -0.25) is 14.4 Å². The Kier molecular flexibility index (Phi) is 6.45. The van der Waals surface area contributed by atoms with Crippen molar-refractivity contribution in [3.63, 3.8) is 0 Å². The van der Waals surface area contributed by atoms with Gasteiger partial charge in [0.15, 0.2) is 0 Å². The van der Waals surface area contributed by atoms with E-state index in [9.17, 15) is 14.4 Å². The average molecular weight is 452 g/mol. The fourth-order valence-corrected chi connectivity index (χ4v) is 4.34. The summed E-state index contributed by atoms with van der Waals surface area (Å²) in [5.41, 5.74) is 2.66. The normalized spacial score (nSPS) is 16.6. The van der Waals surface area contributed by atoms with Crippen LogP contribution < -0.4 is 16.0 Å². The molecule has 8 nitrogen and oxygen atoms in total. The molecule has 3 aromatic rings. The lowest BCUT2D eigenvalue weighted by Crippen LogP contribution is -2.45. The quantitative estimate of drug-likeness (QED) is 0.512. The summed E-state index contributed by atoms with van der Waals surface area (Å²) in [7, 11) is 1.93.